The van der Waals surface area contributed by atoms with Crippen molar-refractivity contribution in [2.45, 2.75) is 20.1 Å². The van der Waals surface area contributed by atoms with Gasteiger partial charge in [0.05, 0.1) is 36.3 Å². The van der Waals surface area contributed by atoms with Crippen molar-refractivity contribution in [1.82, 2.24) is 9.55 Å². The van der Waals surface area contributed by atoms with Gasteiger partial charge in [0.25, 0.3) is 5.56 Å². The lowest BCUT2D eigenvalue weighted by Crippen LogP contribution is -2.26. The van der Waals surface area contributed by atoms with Crippen molar-refractivity contribution in [3.63, 3.8) is 0 Å². The molecule has 0 aliphatic rings. The van der Waals surface area contributed by atoms with Gasteiger partial charge >= 0.3 is 5.97 Å². The monoisotopic (exact) mass is 393 g/mol. The molecule has 0 unspecified atom stereocenters. The quantitative estimate of drug-likeness (QED) is 0.569. The van der Waals surface area contributed by atoms with E-state index in [0.29, 0.717) is 29.0 Å². The van der Waals surface area contributed by atoms with Crippen LogP contribution in [0.4, 0.5) is 0 Å². The van der Waals surface area contributed by atoms with Gasteiger partial charge in [-0.05, 0) is 37.3 Å². The van der Waals surface area contributed by atoms with Crippen molar-refractivity contribution in [2.24, 2.45) is 0 Å². The summed E-state index contributed by atoms with van der Waals surface area (Å²) in [6.45, 7) is 1.79. The van der Waals surface area contributed by atoms with Crippen molar-refractivity contribution in [2.75, 3.05) is 13.7 Å². The molecule has 3 rings (SSSR count). The number of aromatic nitrogens is 2. The van der Waals surface area contributed by atoms with Gasteiger partial charge in [-0.2, -0.15) is 5.26 Å². The number of hydrogen-bond donors (Lipinski definition) is 0. The maximum atomic E-state index is 12.6. The van der Waals surface area contributed by atoms with E-state index in [2.05, 4.69) is 4.98 Å². The summed E-state index contributed by atoms with van der Waals surface area (Å²) >= 11 is 0. The molecule has 0 atom stereocenters. The average molecular weight is 393 g/mol. The van der Waals surface area contributed by atoms with Crippen LogP contribution < -0.4 is 15.0 Å². The molecular weight excluding hydrogens is 374 g/mol. The number of methoxy groups -OCH3 is 1. The number of hydrogen-bond acceptors (Lipinski definition) is 7. The maximum Gasteiger partial charge on any atom is 0.338 e. The van der Waals surface area contributed by atoms with E-state index in [-0.39, 0.29) is 30.1 Å². The number of fused-ring (bicyclic) bond motifs is 1. The minimum atomic E-state index is -0.612. The molecule has 1 heterocycles. The lowest BCUT2D eigenvalue weighted by molar-refractivity contribution is 0.0456. The molecule has 0 aliphatic carbocycles. The number of esters is 1. The number of para-hydroxylation sites is 1. The number of carbonyl (C=O) groups is 1. The van der Waals surface area contributed by atoms with Gasteiger partial charge < -0.3 is 14.2 Å². The Morgan fingerprint density at radius 3 is 2.72 bits per heavy atom. The molecule has 29 heavy (non-hydrogen) atoms. The molecular formula is C21H19N3O5. The zero-order chi connectivity index (χ0) is 20.8. The lowest BCUT2D eigenvalue weighted by atomic mass is 10.2. The van der Waals surface area contributed by atoms with Crippen LogP contribution in [0.3, 0.4) is 0 Å². The van der Waals surface area contributed by atoms with E-state index in [0.717, 1.165) is 0 Å². The minimum Gasteiger partial charge on any atom is -0.493 e. The fourth-order valence-corrected chi connectivity index (χ4v) is 2.84. The number of ether oxygens (including phenoxy) is 3. The Morgan fingerprint density at radius 2 is 2.00 bits per heavy atom. The third-order valence-electron chi connectivity index (χ3n) is 4.20. The van der Waals surface area contributed by atoms with Gasteiger partial charge in [-0.15, -0.1) is 0 Å². The molecule has 8 nitrogen and oxygen atoms in total. The second-order valence-corrected chi connectivity index (χ2v) is 5.97. The largest absolute Gasteiger partial charge is 0.493 e. The molecule has 3 aromatic rings. The highest BCUT2D eigenvalue weighted by Crippen LogP contribution is 2.28. The van der Waals surface area contributed by atoms with E-state index in [1.54, 1.807) is 36.4 Å². The molecule has 2 aromatic carbocycles. The SMILES string of the molecule is CCOc1cc(C(=O)OCc2nc3ccccc3c(=O)n2CC#N)ccc1OC. The summed E-state index contributed by atoms with van der Waals surface area (Å²) in [4.78, 5) is 29.5. The maximum absolute atomic E-state index is 12.6. The lowest BCUT2D eigenvalue weighted by Gasteiger charge is -2.13. The van der Waals surface area contributed by atoms with Crippen LogP contribution in [0, 0.1) is 11.3 Å². The van der Waals surface area contributed by atoms with E-state index in [1.165, 1.54) is 17.7 Å². The summed E-state index contributed by atoms with van der Waals surface area (Å²) in [6.07, 6.45) is 0. The number of rotatable bonds is 7. The smallest absolute Gasteiger partial charge is 0.338 e. The summed E-state index contributed by atoms with van der Waals surface area (Å²) < 4.78 is 17.2. The van der Waals surface area contributed by atoms with E-state index in [1.807, 2.05) is 13.0 Å². The van der Waals surface area contributed by atoms with Gasteiger partial charge in [-0.3, -0.25) is 9.36 Å². The summed E-state index contributed by atoms with van der Waals surface area (Å²) in [5, 5.41) is 9.45. The average Bonchev–Trinajstić information content (AvgIpc) is 2.74. The normalized spacial score (nSPS) is 10.4. The van der Waals surface area contributed by atoms with Crippen LogP contribution in [0.25, 0.3) is 10.9 Å². The summed E-state index contributed by atoms with van der Waals surface area (Å²) in [5.41, 5.74) is 0.385. The second kappa shape index (κ2) is 8.89. The molecule has 0 spiro atoms. The van der Waals surface area contributed by atoms with Crippen molar-refractivity contribution in [3.8, 4) is 17.6 Å². The molecule has 0 radical (unpaired) electrons. The van der Waals surface area contributed by atoms with Crippen molar-refractivity contribution < 1.29 is 19.0 Å². The topological polar surface area (TPSA) is 103 Å². The van der Waals surface area contributed by atoms with Crippen LogP contribution in [-0.2, 0) is 17.9 Å². The third kappa shape index (κ3) is 4.19. The number of benzene rings is 2. The molecule has 0 N–H and O–H groups in total. The molecule has 0 aliphatic heterocycles. The van der Waals surface area contributed by atoms with E-state index in [4.69, 9.17) is 19.5 Å². The number of nitriles is 1. The van der Waals surface area contributed by atoms with Gasteiger partial charge in [-0.25, -0.2) is 9.78 Å². The van der Waals surface area contributed by atoms with E-state index < -0.39 is 5.97 Å². The van der Waals surface area contributed by atoms with E-state index >= 15 is 0 Å². The number of nitrogens with zero attached hydrogens (tertiary/aromatic N) is 3. The first kappa shape index (κ1) is 19.9. The fourth-order valence-electron chi connectivity index (χ4n) is 2.84. The summed E-state index contributed by atoms with van der Waals surface area (Å²) in [5.74, 6) is 0.513. The van der Waals surface area contributed by atoms with Crippen LogP contribution in [0.5, 0.6) is 11.5 Å². The molecule has 0 saturated carbocycles. The molecule has 0 fully saturated rings. The van der Waals surface area contributed by atoms with Crippen molar-refractivity contribution in [1.29, 1.82) is 5.26 Å². The Morgan fingerprint density at radius 1 is 1.21 bits per heavy atom. The van der Waals surface area contributed by atoms with Gasteiger partial charge in [0, 0.05) is 0 Å². The Balaban J connectivity index is 1.88. The van der Waals surface area contributed by atoms with Crippen LogP contribution in [0.15, 0.2) is 47.3 Å². The molecule has 148 valence electrons. The van der Waals surface area contributed by atoms with E-state index in [9.17, 15) is 9.59 Å². The van der Waals surface area contributed by atoms with Gasteiger partial charge in [-0.1, -0.05) is 12.1 Å². The van der Waals surface area contributed by atoms with Gasteiger partial charge in [0.1, 0.15) is 13.2 Å². The van der Waals surface area contributed by atoms with Crippen LogP contribution in [-0.4, -0.2) is 29.2 Å². The standard InChI is InChI=1S/C21H19N3O5/c1-3-28-18-12-14(8-9-17(18)27-2)21(26)29-13-19-23-16-7-5-4-6-15(16)20(25)24(19)11-10-22/h4-9,12H,3,11,13H2,1-2H3. The fraction of sp³-hybridized carbons (Fsp3) is 0.238. The van der Waals surface area contributed by atoms with Gasteiger partial charge in [0.15, 0.2) is 17.3 Å². The molecule has 8 heteroatoms. The Bertz CT molecular complexity index is 1150. The first-order valence-electron chi connectivity index (χ1n) is 8.92. The highest BCUT2D eigenvalue weighted by atomic mass is 16.5. The molecule has 0 bridgehead atoms. The Labute approximate surface area is 166 Å². The highest BCUT2D eigenvalue weighted by Gasteiger charge is 2.16. The Kier molecular flexibility index (Phi) is 6.09. The predicted molar refractivity (Wildman–Crippen MR) is 105 cm³/mol. The molecule has 0 saturated heterocycles. The Hall–Kier alpha value is -3.86. The molecule has 1 aromatic heterocycles. The first-order chi connectivity index (χ1) is 14.1. The second-order valence-electron chi connectivity index (χ2n) is 5.97. The summed E-state index contributed by atoms with van der Waals surface area (Å²) in [7, 11) is 1.51. The number of carbonyl (C=O) groups excluding carboxylic acids is 1. The van der Waals surface area contributed by atoms with Crippen LogP contribution in [0.2, 0.25) is 0 Å². The highest BCUT2D eigenvalue weighted by molar-refractivity contribution is 5.90. The molecule has 0 amide bonds. The minimum absolute atomic E-state index is 0.194. The van der Waals surface area contributed by atoms with Crippen LogP contribution >= 0.6 is 0 Å². The third-order valence-corrected chi connectivity index (χ3v) is 4.20. The van der Waals surface area contributed by atoms with Crippen molar-refractivity contribution in [3.05, 3.63) is 64.2 Å². The zero-order valence-corrected chi connectivity index (χ0v) is 16.0. The van der Waals surface area contributed by atoms with Gasteiger partial charge in [0.2, 0.25) is 0 Å². The summed E-state index contributed by atoms with van der Waals surface area (Å²) in [6, 6.07) is 13.4. The predicted octanol–water partition coefficient (Wildman–Crippen LogP) is 2.68. The van der Waals surface area contributed by atoms with Crippen LogP contribution in [0.1, 0.15) is 23.1 Å². The zero-order valence-electron chi connectivity index (χ0n) is 16.0. The first-order valence-corrected chi connectivity index (χ1v) is 8.92. The van der Waals surface area contributed by atoms with Crippen molar-refractivity contribution >= 4 is 16.9 Å².